The molecule has 5 rings (SSSR count). The van der Waals surface area contributed by atoms with Gasteiger partial charge in [-0.05, 0) is 90.2 Å². The monoisotopic (exact) mass is 594 g/mol. The van der Waals surface area contributed by atoms with E-state index in [0.29, 0.717) is 23.2 Å². The third-order valence-corrected chi connectivity index (χ3v) is 7.00. The third kappa shape index (κ3) is 5.71. The molecule has 2 amide bonds. The minimum atomic E-state index is -0.341. The normalized spacial score (nSPS) is 13.8. The fourth-order valence-corrected chi connectivity index (χ4v) is 4.89. The van der Waals surface area contributed by atoms with Gasteiger partial charge in [0.1, 0.15) is 0 Å². The molecule has 1 aliphatic heterocycles. The molecule has 7 nitrogen and oxygen atoms in total. The Morgan fingerprint density at radius 1 is 1.00 bits per heavy atom. The zero-order valence-electron chi connectivity index (χ0n) is 19.9. The molecule has 0 aliphatic carbocycles. The number of rotatable bonds is 6. The minimum absolute atomic E-state index is 0.341. The van der Waals surface area contributed by atoms with Crippen molar-refractivity contribution in [3.63, 3.8) is 0 Å². The first-order chi connectivity index (χ1) is 17.6. The Bertz CT molecular complexity index is 1350. The van der Waals surface area contributed by atoms with E-state index in [2.05, 4.69) is 50.5 Å². The van der Waals surface area contributed by atoms with E-state index in [1.807, 2.05) is 73.7 Å². The molecule has 184 valence electrons. The van der Waals surface area contributed by atoms with E-state index in [-0.39, 0.29) is 6.03 Å². The summed E-state index contributed by atoms with van der Waals surface area (Å²) in [7, 11) is 0. The average molecular weight is 594 g/mol. The molecule has 2 N–H and O–H groups in total. The Labute approximate surface area is 224 Å². The smallest absolute Gasteiger partial charge is 0.323 e. The van der Waals surface area contributed by atoms with Crippen LogP contribution in [0.25, 0.3) is 5.69 Å². The van der Waals surface area contributed by atoms with Gasteiger partial charge in [-0.15, -0.1) is 0 Å². The number of anilines is 2. The molecule has 0 saturated carbocycles. The van der Waals surface area contributed by atoms with Crippen LogP contribution in [0.2, 0.25) is 0 Å². The van der Waals surface area contributed by atoms with Gasteiger partial charge in [0.05, 0.1) is 17.1 Å². The molecule has 0 radical (unpaired) electrons. The second kappa shape index (κ2) is 11.1. The van der Waals surface area contributed by atoms with Gasteiger partial charge in [0, 0.05) is 28.5 Å². The molecular weight excluding hydrogens is 567 g/mol. The number of urea groups is 1. The zero-order valence-corrected chi connectivity index (χ0v) is 22.1. The number of aromatic nitrogens is 2. The lowest BCUT2D eigenvalue weighted by atomic mass is 9.92. The van der Waals surface area contributed by atoms with Crippen molar-refractivity contribution in [2.75, 3.05) is 23.8 Å². The predicted molar refractivity (Wildman–Crippen MR) is 149 cm³/mol. The molecule has 1 aliphatic rings. The zero-order chi connectivity index (χ0) is 24.9. The van der Waals surface area contributed by atoms with Crippen molar-refractivity contribution >= 4 is 40.0 Å². The van der Waals surface area contributed by atoms with Gasteiger partial charge in [0.15, 0.2) is 5.75 Å². The van der Waals surface area contributed by atoms with Crippen LogP contribution in [-0.2, 0) is 4.74 Å². The highest BCUT2D eigenvalue weighted by Crippen LogP contribution is 2.32. The number of amides is 2. The number of halogens is 1. The maximum absolute atomic E-state index is 12.8. The van der Waals surface area contributed by atoms with Crippen LogP contribution in [0.4, 0.5) is 16.2 Å². The van der Waals surface area contributed by atoms with Crippen LogP contribution in [0.1, 0.15) is 30.0 Å². The summed E-state index contributed by atoms with van der Waals surface area (Å²) < 4.78 is 14.5. The number of nitrogens with one attached hydrogen (secondary N) is 2. The molecule has 8 heteroatoms. The van der Waals surface area contributed by atoms with Gasteiger partial charge in [-0.1, -0.05) is 36.4 Å². The molecule has 1 fully saturated rings. The number of aryl methyl sites for hydroxylation is 1. The molecule has 0 unspecified atom stereocenters. The van der Waals surface area contributed by atoms with Crippen molar-refractivity contribution in [3.8, 4) is 17.3 Å². The third-order valence-electron chi connectivity index (χ3n) is 6.09. The fourth-order valence-electron chi connectivity index (χ4n) is 4.27. The lowest BCUT2D eigenvalue weighted by Gasteiger charge is -2.22. The molecule has 0 atom stereocenters. The molecule has 0 bridgehead atoms. The van der Waals surface area contributed by atoms with Crippen LogP contribution < -0.4 is 15.4 Å². The van der Waals surface area contributed by atoms with E-state index >= 15 is 0 Å². The van der Waals surface area contributed by atoms with Gasteiger partial charge < -0.3 is 20.1 Å². The Morgan fingerprint density at radius 2 is 1.72 bits per heavy atom. The van der Waals surface area contributed by atoms with E-state index < -0.39 is 0 Å². The van der Waals surface area contributed by atoms with E-state index in [4.69, 9.17) is 9.47 Å². The van der Waals surface area contributed by atoms with E-state index in [1.165, 1.54) is 5.56 Å². The average Bonchev–Trinajstić information content (AvgIpc) is 3.26. The maximum Gasteiger partial charge on any atom is 0.323 e. The number of benzene rings is 3. The Kier molecular flexibility index (Phi) is 7.52. The minimum Gasteiger partial charge on any atom is -0.437 e. The first kappa shape index (κ1) is 24.3. The van der Waals surface area contributed by atoms with E-state index in [1.54, 1.807) is 4.68 Å². The maximum atomic E-state index is 12.8. The topological polar surface area (TPSA) is 77.4 Å². The predicted octanol–water partition coefficient (Wildman–Crippen LogP) is 7.12. The van der Waals surface area contributed by atoms with E-state index in [0.717, 1.165) is 46.7 Å². The number of carbonyl (C=O) groups excluding carboxylic acids is 1. The summed E-state index contributed by atoms with van der Waals surface area (Å²) in [5, 5.41) is 10.4. The second-order valence-electron chi connectivity index (χ2n) is 8.67. The van der Waals surface area contributed by atoms with Crippen molar-refractivity contribution < 1.29 is 14.3 Å². The summed E-state index contributed by atoms with van der Waals surface area (Å²) in [6.07, 6.45) is 2.07. The standard InChI is InChI=1S/C28H27IN4O3/c1-19-18-27(33(32-19)25-8-4-2-6-23(25)29)36-26-9-5-3-7-24(26)31-28(34)30-22-12-10-20(11-13-22)21-14-16-35-17-15-21/h2-13,18,21H,14-17H2,1H3,(H2,30,31,34). The van der Waals surface area contributed by atoms with Crippen LogP contribution in [0.3, 0.4) is 0 Å². The largest absolute Gasteiger partial charge is 0.437 e. The van der Waals surface area contributed by atoms with Gasteiger partial charge >= 0.3 is 6.03 Å². The van der Waals surface area contributed by atoms with Crippen LogP contribution in [-0.4, -0.2) is 29.0 Å². The van der Waals surface area contributed by atoms with Gasteiger partial charge in [-0.25, -0.2) is 4.79 Å². The highest BCUT2D eigenvalue weighted by atomic mass is 127. The van der Waals surface area contributed by atoms with Crippen LogP contribution in [0.5, 0.6) is 11.6 Å². The molecule has 1 saturated heterocycles. The van der Waals surface area contributed by atoms with Crippen molar-refractivity contribution in [2.45, 2.75) is 25.7 Å². The van der Waals surface area contributed by atoms with Crippen molar-refractivity contribution in [2.24, 2.45) is 0 Å². The molecule has 4 aromatic rings. The summed E-state index contributed by atoms with van der Waals surface area (Å²) in [6, 6.07) is 24.9. The summed E-state index contributed by atoms with van der Waals surface area (Å²) >= 11 is 2.28. The first-order valence-electron chi connectivity index (χ1n) is 11.9. The van der Waals surface area contributed by atoms with Crippen LogP contribution in [0.15, 0.2) is 78.9 Å². The first-order valence-corrected chi connectivity index (χ1v) is 13.0. The Balaban J connectivity index is 1.29. The lowest BCUT2D eigenvalue weighted by Crippen LogP contribution is -2.20. The number of para-hydroxylation sites is 3. The molecule has 3 aromatic carbocycles. The molecule has 1 aromatic heterocycles. The number of hydrogen-bond acceptors (Lipinski definition) is 4. The lowest BCUT2D eigenvalue weighted by molar-refractivity contribution is 0.0853. The Hall–Kier alpha value is -3.37. The van der Waals surface area contributed by atoms with Crippen molar-refractivity contribution in [1.29, 1.82) is 0 Å². The van der Waals surface area contributed by atoms with Crippen LogP contribution in [0, 0.1) is 10.5 Å². The second-order valence-corrected chi connectivity index (χ2v) is 9.84. The van der Waals surface area contributed by atoms with Crippen molar-refractivity contribution in [3.05, 3.63) is 93.7 Å². The van der Waals surface area contributed by atoms with Gasteiger partial charge in [-0.3, -0.25) is 0 Å². The summed E-state index contributed by atoms with van der Waals surface area (Å²) in [4.78, 5) is 12.8. The number of hydrogen-bond donors (Lipinski definition) is 2. The molecule has 0 spiro atoms. The van der Waals surface area contributed by atoms with Gasteiger partial charge in [0.2, 0.25) is 5.88 Å². The van der Waals surface area contributed by atoms with Crippen LogP contribution >= 0.6 is 22.6 Å². The molecular formula is C28H27IN4O3. The molecule has 2 heterocycles. The summed E-state index contributed by atoms with van der Waals surface area (Å²) in [5.41, 5.74) is 4.32. The molecule has 36 heavy (non-hydrogen) atoms. The SMILES string of the molecule is Cc1cc(Oc2ccccc2NC(=O)Nc2ccc(C3CCOCC3)cc2)n(-c2ccccc2I)n1. The number of nitrogens with zero attached hydrogens (tertiary/aromatic N) is 2. The quantitative estimate of drug-likeness (QED) is 0.233. The summed E-state index contributed by atoms with van der Waals surface area (Å²) in [5.74, 6) is 1.60. The number of ether oxygens (including phenoxy) is 2. The fraction of sp³-hybridized carbons (Fsp3) is 0.214. The summed E-state index contributed by atoms with van der Waals surface area (Å²) in [6.45, 7) is 3.53. The number of carbonyl (C=O) groups is 1. The highest BCUT2D eigenvalue weighted by molar-refractivity contribution is 14.1. The highest BCUT2D eigenvalue weighted by Gasteiger charge is 2.17. The van der Waals surface area contributed by atoms with E-state index in [9.17, 15) is 4.79 Å². The van der Waals surface area contributed by atoms with Crippen molar-refractivity contribution in [1.82, 2.24) is 9.78 Å². The Morgan fingerprint density at radius 3 is 2.50 bits per heavy atom. The van der Waals surface area contributed by atoms with Gasteiger partial charge in [0.25, 0.3) is 0 Å². The van der Waals surface area contributed by atoms with Gasteiger partial charge in [-0.2, -0.15) is 9.78 Å².